The number of rotatable bonds is 12. The number of aliphatic carboxylic acids is 1. The lowest BCUT2D eigenvalue weighted by molar-refractivity contribution is -0.143. The molecule has 1 aromatic carbocycles. The van der Waals surface area contributed by atoms with E-state index in [2.05, 4.69) is 15.0 Å². The van der Waals surface area contributed by atoms with Gasteiger partial charge in [0, 0.05) is 31.6 Å². The number of nitrogens with zero attached hydrogens (tertiary/aromatic N) is 6. The second-order valence-electron chi connectivity index (χ2n) is 11.5. The van der Waals surface area contributed by atoms with Crippen LogP contribution < -0.4 is 19.4 Å². The molecule has 1 aliphatic heterocycles. The lowest BCUT2D eigenvalue weighted by Gasteiger charge is -2.43. The number of carbonyl (C=O) groups is 3. The number of hydrogen-bond donors (Lipinski definition) is 1. The van der Waals surface area contributed by atoms with Gasteiger partial charge in [-0.2, -0.15) is 26.3 Å². The van der Waals surface area contributed by atoms with Gasteiger partial charge in [0.25, 0.3) is 0 Å². The van der Waals surface area contributed by atoms with Crippen molar-refractivity contribution in [2.45, 2.75) is 70.5 Å². The van der Waals surface area contributed by atoms with E-state index in [1.54, 1.807) is 19.9 Å². The number of alkyl halides is 6. The molecule has 1 aliphatic rings. The topological polar surface area (TPSA) is 148 Å². The number of halogens is 6. The van der Waals surface area contributed by atoms with Crippen molar-refractivity contribution in [2.75, 3.05) is 42.1 Å². The van der Waals surface area contributed by atoms with E-state index >= 15 is 0 Å². The Morgan fingerprint density at radius 2 is 1.62 bits per heavy atom. The summed E-state index contributed by atoms with van der Waals surface area (Å²) in [5.41, 5.74) is -2.91. The molecule has 3 heterocycles. The fourth-order valence-corrected chi connectivity index (χ4v) is 5.80. The smallest absolute Gasteiger partial charge is 0.416 e. The average molecular weight is 743 g/mol. The molecule has 0 radical (unpaired) electrons. The van der Waals surface area contributed by atoms with E-state index in [1.807, 2.05) is 0 Å². The standard InChI is InChI=1S/C33H36F6N6O7/c1-5-22-15-25(28-24(9-10-26(42-28)50-3)45(22)31(49)52-6-2)44(18-19-12-20(32(34,35)36)14-21(13-19)33(37,38)39)29-40-16-23(17-41-29)43(30(48)51-4)11-7-8-27(46)47/h9-10,12-14,16-17,22,25H,5-8,11,15,18H2,1-4H3,(H,46,47)/t22-,25+/m1/s1. The summed E-state index contributed by atoms with van der Waals surface area (Å²) >= 11 is 0. The Morgan fingerprint density at radius 3 is 2.13 bits per heavy atom. The van der Waals surface area contributed by atoms with E-state index in [0.717, 1.165) is 12.0 Å². The van der Waals surface area contributed by atoms with Gasteiger partial charge in [-0.25, -0.2) is 24.5 Å². The molecule has 0 saturated heterocycles. The maximum Gasteiger partial charge on any atom is 0.416 e. The number of amides is 2. The fraction of sp³-hybridized carbons (Fsp3) is 0.455. The molecule has 0 unspecified atom stereocenters. The molecule has 282 valence electrons. The van der Waals surface area contributed by atoms with Gasteiger partial charge in [-0.1, -0.05) is 6.92 Å². The van der Waals surface area contributed by atoms with Crippen molar-refractivity contribution in [1.29, 1.82) is 0 Å². The Kier molecular flexibility index (Phi) is 12.4. The molecular formula is C33H36F6N6O7. The quantitative estimate of drug-likeness (QED) is 0.187. The highest BCUT2D eigenvalue weighted by Gasteiger charge is 2.42. The number of fused-ring (bicyclic) bond motifs is 1. The SMILES string of the molecule is CCOC(=O)N1c2ccc(OC)nc2[C@@H](N(Cc2cc(C(F)(F)F)cc(C(F)(F)F)c2)c2ncc(N(CCCC(=O)O)C(=O)OC)cn2)C[C@H]1CC. The number of carbonyl (C=O) groups excluding carboxylic acids is 2. The molecule has 0 bridgehead atoms. The number of anilines is 3. The van der Waals surface area contributed by atoms with Gasteiger partial charge in [0.2, 0.25) is 11.8 Å². The van der Waals surface area contributed by atoms with Crippen LogP contribution >= 0.6 is 0 Å². The van der Waals surface area contributed by atoms with Crippen LogP contribution in [0.5, 0.6) is 5.88 Å². The molecule has 2 amide bonds. The van der Waals surface area contributed by atoms with Crippen LogP contribution in [-0.4, -0.2) is 71.6 Å². The lowest BCUT2D eigenvalue weighted by Crippen LogP contribution is -2.48. The first-order chi connectivity index (χ1) is 24.5. The van der Waals surface area contributed by atoms with Crippen LogP contribution in [0.2, 0.25) is 0 Å². The van der Waals surface area contributed by atoms with E-state index in [9.17, 15) is 40.7 Å². The summed E-state index contributed by atoms with van der Waals surface area (Å²) in [7, 11) is 2.45. The zero-order valence-corrected chi connectivity index (χ0v) is 28.5. The van der Waals surface area contributed by atoms with Crippen molar-refractivity contribution >= 4 is 35.5 Å². The first kappa shape index (κ1) is 39.4. The first-order valence-corrected chi connectivity index (χ1v) is 16.0. The fourth-order valence-electron chi connectivity index (χ4n) is 5.80. The number of benzene rings is 1. The Balaban J connectivity index is 1.91. The van der Waals surface area contributed by atoms with Gasteiger partial charge in [0.15, 0.2) is 0 Å². The second-order valence-corrected chi connectivity index (χ2v) is 11.5. The molecule has 19 heteroatoms. The van der Waals surface area contributed by atoms with Crippen molar-refractivity contribution in [1.82, 2.24) is 15.0 Å². The predicted molar refractivity (Wildman–Crippen MR) is 173 cm³/mol. The lowest BCUT2D eigenvalue weighted by atomic mass is 9.92. The number of hydrogen-bond acceptors (Lipinski definition) is 10. The zero-order chi connectivity index (χ0) is 38.4. The van der Waals surface area contributed by atoms with Gasteiger partial charge in [-0.15, -0.1) is 0 Å². The minimum Gasteiger partial charge on any atom is -0.481 e. The summed E-state index contributed by atoms with van der Waals surface area (Å²) in [6.45, 7) is 2.78. The van der Waals surface area contributed by atoms with Crippen molar-refractivity contribution < 1.29 is 60.0 Å². The van der Waals surface area contributed by atoms with Gasteiger partial charge < -0.3 is 24.2 Å². The molecule has 3 aromatic rings. The minimum atomic E-state index is -5.11. The first-order valence-electron chi connectivity index (χ1n) is 16.0. The number of ether oxygens (including phenoxy) is 3. The van der Waals surface area contributed by atoms with Gasteiger partial charge >= 0.3 is 30.5 Å². The molecule has 1 N–H and O–H groups in total. The summed E-state index contributed by atoms with van der Waals surface area (Å²) in [6.07, 6.45) is -9.21. The van der Waals surface area contributed by atoms with E-state index in [0.29, 0.717) is 18.6 Å². The molecule has 0 spiro atoms. The van der Waals surface area contributed by atoms with Crippen LogP contribution in [0.1, 0.15) is 68.0 Å². The number of aromatic nitrogens is 3. The number of carboxylic acids is 1. The highest BCUT2D eigenvalue weighted by atomic mass is 19.4. The number of pyridine rings is 1. The maximum atomic E-state index is 13.9. The maximum absolute atomic E-state index is 13.9. The molecular weight excluding hydrogens is 706 g/mol. The second kappa shape index (κ2) is 16.3. The third kappa shape index (κ3) is 9.10. The Labute approximate surface area is 294 Å². The Hall–Kier alpha value is -5.36. The average Bonchev–Trinajstić information content (AvgIpc) is 3.10. The number of methoxy groups -OCH3 is 2. The van der Waals surface area contributed by atoms with E-state index in [-0.39, 0.29) is 72.9 Å². The minimum absolute atomic E-state index is 0.0254. The summed E-state index contributed by atoms with van der Waals surface area (Å²) in [5.74, 6) is -1.17. The van der Waals surface area contributed by atoms with Crippen LogP contribution in [-0.2, 0) is 33.2 Å². The van der Waals surface area contributed by atoms with Crippen LogP contribution in [0.4, 0.5) is 53.3 Å². The molecule has 2 atom stereocenters. The number of carboxylic acid groups (broad SMARTS) is 1. The monoisotopic (exact) mass is 742 g/mol. The summed E-state index contributed by atoms with van der Waals surface area (Å²) < 4.78 is 98.9. The third-order valence-corrected chi connectivity index (χ3v) is 8.19. The van der Waals surface area contributed by atoms with Gasteiger partial charge in [-0.3, -0.25) is 14.6 Å². The molecule has 0 fully saturated rings. The normalized spacial score (nSPS) is 15.8. The Bertz CT molecular complexity index is 1710. The van der Waals surface area contributed by atoms with Crippen LogP contribution in [0.3, 0.4) is 0 Å². The van der Waals surface area contributed by atoms with Crippen LogP contribution in [0.15, 0.2) is 42.7 Å². The van der Waals surface area contributed by atoms with Crippen molar-refractivity contribution in [3.8, 4) is 5.88 Å². The van der Waals surface area contributed by atoms with Gasteiger partial charge in [0.1, 0.15) is 0 Å². The van der Waals surface area contributed by atoms with E-state index in [4.69, 9.17) is 19.3 Å². The molecule has 4 rings (SSSR count). The van der Waals surface area contributed by atoms with Crippen molar-refractivity contribution in [3.05, 3.63) is 65.1 Å². The summed E-state index contributed by atoms with van der Waals surface area (Å²) in [4.78, 5) is 53.9. The summed E-state index contributed by atoms with van der Waals surface area (Å²) in [5, 5.41) is 9.04. The molecule has 0 saturated carbocycles. The van der Waals surface area contributed by atoms with Crippen LogP contribution in [0.25, 0.3) is 0 Å². The van der Waals surface area contributed by atoms with Gasteiger partial charge in [0.05, 0.1) is 67.5 Å². The largest absolute Gasteiger partial charge is 0.481 e. The molecule has 52 heavy (non-hydrogen) atoms. The van der Waals surface area contributed by atoms with Crippen molar-refractivity contribution in [2.24, 2.45) is 0 Å². The highest BCUT2D eigenvalue weighted by molar-refractivity contribution is 5.90. The molecule has 2 aromatic heterocycles. The molecule has 0 aliphatic carbocycles. The third-order valence-electron chi connectivity index (χ3n) is 8.19. The summed E-state index contributed by atoms with van der Waals surface area (Å²) in [6, 6.07) is 2.73. The van der Waals surface area contributed by atoms with Gasteiger partial charge in [-0.05, 0) is 56.0 Å². The van der Waals surface area contributed by atoms with Crippen LogP contribution in [0, 0.1) is 0 Å². The highest BCUT2D eigenvalue weighted by Crippen LogP contribution is 2.44. The van der Waals surface area contributed by atoms with Crippen molar-refractivity contribution in [3.63, 3.8) is 0 Å². The molecule has 13 nitrogen and oxygen atoms in total. The predicted octanol–water partition coefficient (Wildman–Crippen LogP) is 7.25. The van der Waals surface area contributed by atoms with E-state index < -0.39 is 60.3 Å². The van der Waals surface area contributed by atoms with E-state index in [1.165, 1.54) is 35.4 Å². The Morgan fingerprint density at radius 1 is 0.981 bits per heavy atom. The zero-order valence-electron chi connectivity index (χ0n) is 28.5.